The van der Waals surface area contributed by atoms with Crippen LogP contribution in [0.4, 0.5) is 10.5 Å². The number of amides is 2. The van der Waals surface area contributed by atoms with Crippen LogP contribution in [0, 0.1) is 11.8 Å². The van der Waals surface area contributed by atoms with E-state index < -0.39 is 5.97 Å². The number of nitrogens with one attached hydrogen (secondary N) is 2. The van der Waals surface area contributed by atoms with Gasteiger partial charge in [-0.2, -0.15) is 5.10 Å². The standard InChI is InChI=1S/C24H27N3O4/c28-23(29)14-17-6-4-5-16(13-17)9-10-19-20(22-12-11-21(19)31-22)15-25-27-24(30)26-18-7-2-1-3-8-18/h1-8,13,15,19-22H,9-12,14H2,(H,28,29)(H2,26,27,30)/t19-,20+,21-,22+/m0/s1. The minimum absolute atomic E-state index is 0.0388. The van der Waals surface area contributed by atoms with Crippen LogP contribution in [-0.4, -0.2) is 35.5 Å². The number of aliphatic carboxylic acids is 1. The number of anilines is 1. The number of aryl methyl sites for hydroxylation is 1. The molecule has 2 fully saturated rings. The van der Waals surface area contributed by atoms with Gasteiger partial charge in [-0.15, -0.1) is 0 Å². The van der Waals surface area contributed by atoms with Crippen LogP contribution in [0.5, 0.6) is 0 Å². The van der Waals surface area contributed by atoms with Crippen molar-refractivity contribution in [1.82, 2.24) is 5.43 Å². The first kappa shape index (κ1) is 21.1. The minimum atomic E-state index is -0.821. The summed E-state index contributed by atoms with van der Waals surface area (Å²) in [5.41, 5.74) is 5.21. The minimum Gasteiger partial charge on any atom is -0.481 e. The molecule has 2 amide bonds. The third-order valence-electron chi connectivity index (χ3n) is 6.04. The quantitative estimate of drug-likeness (QED) is 0.445. The summed E-state index contributed by atoms with van der Waals surface area (Å²) in [7, 11) is 0. The van der Waals surface area contributed by atoms with E-state index in [1.165, 1.54) is 0 Å². The Morgan fingerprint density at radius 1 is 1.06 bits per heavy atom. The third kappa shape index (κ3) is 5.49. The van der Waals surface area contributed by atoms with Crippen molar-refractivity contribution in [2.45, 2.75) is 44.3 Å². The molecule has 7 heteroatoms. The van der Waals surface area contributed by atoms with Crippen molar-refractivity contribution in [3.8, 4) is 0 Å². The highest BCUT2D eigenvalue weighted by Gasteiger charge is 2.47. The Hall–Kier alpha value is -3.19. The lowest BCUT2D eigenvalue weighted by Crippen LogP contribution is -2.30. The smallest absolute Gasteiger partial charge is 0.339 e. The molecule has 3 N–H and O–H groups in total. The molecule has 162 valence electrons. The fourth-order valence-corrected chi connectivity index (χ4v) is 4.66. The summed E-state index contributed by atoms with van der Waals surface area (Å²) < 4.78 is 6.12. The first-order valence-corrected chi connectivity index (χ1v) is 10.7. The van der Waals surface area contributed by atoms with Crippen LogP contribution in [0.25, 0.3) is 0 Å². The van der Waals surface area contributed by atoms with Gasteiger partial charge in [0, 0.05) is 17.8 Å². The van der Waals surface area contributed by atoms with E-state index in [0.717, 1.165) is 36.8 Å². The van der Waals surface area contributed by atoms with Crippen LogP contribution in [0.1, 0.15) is 30.4 Å². The van der Waals surface area contributed by atoms with Gasteiger partial charge in [0.25, 0.3) is 0 Å². The highest BCUT2D eigenvalue weighted by molar-refractivity contribution is 5.89. The molecular formula is C24H27N3O4. The number of fused-ring (bicyclic) bond motifs is 2. The molecule has 2 bridgehead atoms. The van der Waals surface area contributed by atoms with Gasteiger partial charge < -0.3 is 15.2 Å². The number of nitrogens with zero attached hydrogens (tertiary/aromatic N) is 1. The van der Waals surface area contributed by atoms with E-state index in [0.29, 0.717) is 11.6 Å². The van der Waals surface area contributed by atoms with E-state index in [1.54, 1.807) is 0 Å². The van der Waals surface area contributed by atoms with Gasteiger partial charge in [-0.3, -0.25) is 4.79 Å². The molecule has 0 aromatic heterocycles. The number of benzene rings is 2. The first-order valence-electron chi connectivity index (χ1n) is 10.7. The van der Waals surface area contributed by atoms with Crippen molar-refractivity contribution in [2.75, 3.05) is 5.32 Å². The molecule has 7 nitrogen and oxygen atoms in total. The second-order valence-electron chi connectivity index (χ2n) is 8.17. The van der Waals surface area contributed by atoms with Crippen molar-refractivity contribution in [1.29, 1.82) is 0 Å². The Bertz CT molecular complexity index is 947. The topological polar surface area (TPSA) is 100 Å². The predicted molar refractivity (Wildman–Crippen MR) is 118 cm³/mol. The summed E-state index contributed by atoms with van der Waals surface area (Å²) in [6.45, 7) is 0. The number of hydrogen-bond donors (Lipinski definition) is 3. The Labute approximate surface area is 181 Å². The molecule has 2 aromatic carbocycles. The van der Waals surface area contributed by atoms with Crippen LogP contribution < -0.4 is 10.7 Å². The molecule has 2 aromatic rings. The van der Waals surface area contributed by atoms with Crippen molar-refractivity contribution < 1.29 is 19.4 Å². The number of carbonyl (C=O) groups is 2. The monoisotopic (exact) mass is 421 g/mol. The number of carbonyl (C=O) groups excluding carboxylic acids is 1. The predicted octanol–water partition coefficient (Wildman–Crippen LogP) is 3.85. The summed E-state index contributed by atoms with van der Waals surface area (Å²) in [6, 6.07) is 16.6. The van der Waals surface area contributed by atoms with Crippen molar-refractivity contribution >= 4 is 23.9 Å². The normalized spacial score (nSPS) is 24.4. The largest absolute Gasteiger partial charge is 0.481 e. The fourth-order valence-electron chi connectivity index (χ4n) is 4.66. The molecule has 2 aliphatic heterocycles. The second-order valence-corrected chi connectivity index (χ2v) is 8.17. The number of urea groups is 1. The molecule has 2 saturated heterocycles. The zero-order valence-electron chi connectivity index (χ0n) is 17.2. The maximum Gasteiger partial charge on any atom is 0.339 e. The molecule has 31 heavy (non-hydrogen) atoms. The molecule has 4 rings (SSSR count). The maximum absolute atomic E-state index is 12.0. The van der Waals surface area contributed by atoms with Crippen LogP contribution in [0.15, 0.2) is 59.7 Å². The van der Waals surface area contributed by atoms with Crippen LogP contribution in [0.2, 0.25) is 0 Å². The van der Waals surface area contributed by atoms with Crippen molar-refractivity contribution in [3.63, 3.8) is 0 Å². The molecule has 0 unspecified atom stereocenters. The summed E-state index contributed by atoms with van der Waals surface area (Å²) >= 11 is 0. The Morgan fingerprint density at radius 3 is 2.65 bits per heavy atom. The molecule has 0 saturated carbocycles. The number of carboxylic acids is 1. The van der Waals surface area contributed by atoms with Gasteiger partial charge in [0.2, 0.25) is 0 Å². The molecular weight excluding hydrogens is 394 g/mol. The Kier molecular flexibility index (Phi) is 6.62. The van der Waals surface area contributed by atoms with E-state index in [9.17, 15) is 9.59 Å². The van der Waals surface area contributed by atoms with E-state index in [4.69, 9.17) is 9.84 Å². The third-order valence-corrected chi connectivity index (χ3v) is 6.04. The lowest BCUT2D eigenvalue weighted by atomic mass is 9.77. The average molecular weight is 421 g/mol. The Morgan fingerprint density at radius 2 is 1.84 bits per heavy atom. The van der Waals surface area contributed by atoms with Gasteiger partial charge >= 0.3 is 12.0 Å². The summed E-state index contributed by atoms with van der Waals surface area (Å²) in [6.07, 6.45) is 6.10. The van der Waals surface area contributed by atoms with Gasteiger partial charge in [-0.25, -0.2) is 10.2 Å². The number of rotatable bonds is 8. The highest BCUT2D eigenvalue weighted by atomic mass is 16.5. The number of carboxylic acid groups (broad SMARTS) is 1. The zero-order chi connectivity index (χ0) is 21.6. The molecule has 2 heterocycles. The van der Waals surface area contributed by atoms with E-state index in [-0.39, 0.29) is 30.6 Å². The number of ether oxygens (including phenoxy) is 1. The summed E-state index contributed by atoms with van der Waals surface area (Å²) in [5.74, 6) is -0.318. The lowest BCUT2D eigenvalue weighted by Gasteiger charge is -2.25. The summed E-state index contributed by atoms with van der Waals surface area (Å²) in [5, 5.41) is 15.9. The Balaban J connectivity index is 1.33. The SMILES string of the molecule is O=C(O)Cc1cccc(CC[C@H]2[C@@H](C=NNC(=O)Nc3ccccc3)[C@H]3CC[C@@H]2O3)c1. The lowest BCUT2D eigenvalue weighted by molar-refractivity contribution is -0.136. The van der Waals surface area contributed by atoms with Gasteiger partial charge in [-0.05, 0) is 54.9 Å². The number of hydrogen-bond acceptors (Lipinski definition) is 4. The molecule has 0 aliphatic carbocycles. The maximum atomic E-state index is 12.0. The van der Waals surface area contributed by atoms with E-state index in [1.807, 2.05) is 60.8 Å². The second kappa shape index (κ2) is 9.75. The van der Waals surface area contributed by atoms with Gasteiger partial charge in [-0.1, -0.05) is 42.5 Å². The molecule has 0 spiro atoms. The van der Waals surface area contributed by atoms with E-state index >= 15 is 0 Å². The number of hydrazone groups is 1. The van der Waals surface area contributed by atoms with Crippen LogP contribution in [-0.2, 0) is 22.4 Å². The van der Waals surface area contributed by atoms with E-state index in [2.05, 4.69) is 15.8 Å². The number of para-hydroxylation sites is 1. The van der Waals surface area contributed by atoms with Crippen molar-refractivity contribution in [3.05, 3.63) is 65.7 Å². The highest BCUT2D eigenvalue weighted by Crippen LogP contribution is 2.44. The fraction of sp³-hybridized carbons (Fsp3) is 0.375. The zero-order valence-corrected chi connectivity index (χ0v) is 17.2. The van der Waals surface area contributed by atoms with Crippen molar-refractivity contribution in [2.24, 2.45) is 16.9 Å². The van der Waals surface area contributed by atoms with Gasteiger partial charge in [0.1, 0.15) is 0 Å². The van der Waals surface area contributed by atoms with Gasteiger partial charge in [0.15, 0.2) is 0 Å². The molecule has 4 atom stereocenters. The molecule has 2 aliphatic rings. The molecule has 0 radical (unpaired) electrons. The first-order chi connectivity index (χ1) is 15.1. The van der Waals surface area contributed by atoms with Gasteiger partial charge in [0.05, 0.1) is 18.6 Å². The summed E-state index contributed by atoms with van der Waals surface area (Å²) in [4.78, 5) is 23.0. The average Bonchev–Trinajstić information content (AvgIpc) is 3.35. The van der Waals surface area contributed by atoms with Crippen LogP contribution >= 0.6 is 0 Å². The van der Waals surface area contributed by atoms with Crippen LogP contribution in [0.3, 0.4) is 0 Å².